The summed E-state index contributed by atoms with van der Waals surface area (Å²) in [5.74, 6) is 0. The number of fused-ring (bicyclic) bond motifs is 1. The van der Waals surface area contributed by atoms with Gasteiger partial charge in [-0.2, -0.15) is 4.31 Å². The maximum Gasteiger partial charge on any atom is 0.244 e. The third kappa shape index (κ3) is 3.22. The standard InChI is InChI=1S/C19H21ClN2O2S/c20-18-7-3-4-8-19(18)25(23,24)22-12-10-17(14-22)21-11-9-15-5-1-2-6-16(15)13-21/h1-8,17H,9-14H2. The van der Waals surface area contributed by atoms with Crippen LogP contribution in [0, 0.1) is 0 Å². The first-order valence-electron chi connectivity index (χ1n) is 8.61. The fraction of sp³-hybridized carbons (Fsp3) is 0.368. The van der Waals surface area contributed by atoms with Gasteiger partial charge in [0, 0.05) is 32.2 Å². The molecule has 1 saturated heterocycles. The fourth-order valence-electron chi connectivity index (χ4n) is 3.85. The molecule has 4 nitrogen and oxygen atoms in total. The van der Waals surface area contributed by atoms with Crippen molar-refractivity contribution in [3.05, 3.63) is 64.7 Å². The van der Waals surface area contributed by atoms with Crippen molar-refractivity contribution >= 4 is 21.6 Å². The van der Waals surface area contributed by atoms with Crippen LogP contribution in [-0.4, -0.2) is 43.3 Å². The summed E-state index contributed by atoms with van der Waals surface area (Å²) in [7, 11) is -3.53. The Labute approximate surface area is 154 Å². The van der Waals surface area contributed by atoms with Crippen LogP contribution in [0.3, 0.4) is 0 Å². The maximum atomic E-state index is 12.9. The quantitative estimate of drug-likeness (QED) is 0.826. The second kappa shape index (κ2) is 6.72. The molecule has 0 radical (unpaired) electrons. The molecule has 2 aromatic carbocycles. The van der Waals surface area contributed by atoms with Crippen LogP contribution < -0.4 is 0 Å². The molecule has 0 amide bonds. The lowest BCUT2D eigenvalue weighted by Gasteiger charge is -2.33. The van der Waals surface area contributed by atoms with Gasteiger partial charge >= 0.3 is 0 Å². The Balaban J connectivity index is 1.50. The molecule has 1 fully saturated rings. The summed E-state index contributed by atoms with van der Waals surface area (Å²) >= 11 is 6.11. The molecule has 2 heterocycles. The van der Waals surface area contributed by atoms with Gasteiger partial charge in [-0.05, 0) is 36.1 Å². The normalized spacial score (nSPS) is 22.0. The van der Waals surface area contributed by atoms with Crippen molar-refractivity contribution in [2.75, 3.05) is 19.6 Å². The van der Waals surface area contributed by atoms with Crippen LogP contribution in [0.15, 0.2) is 53.4 Å². The van der Waals surface area contributed by atoms with Crippen molar-refractivity contribution in [1.29, 1.82) is 0 Å². The molecular weight excluding hydrogens is 356 g/mol. The minimum atomic E-state index is -3.53. The lowest BCUT2D eigenvalue weighted by molar-refractivity contribution is 0.185. The molecule has 4 rings (SSSR count). The summed E-state index contributed by atoms with van der Waals surface area (Å²) in [6, 6.07) is 15.5. The van der Waals surface area contributed by atoms with Gasteiger partial charge in [-0.15, -0.1) is 0 Å². The summed E-state index contributed by atoms with van der Waals surface area (Å²) in [6.45, 7) is 2.98. The van der Waals surface area contributed by atoms with E-state index < -0.39 is 10.0 Å². The second-order valence-electron chi connectivity index (χ2n) is 6.73. The van der Waals surface area contributed by atoms with Crippen LogP contribution in [0.4, 0.5) is 0 Å². The third-order valence-corrected chi connectivity index (χ3v) is 7.62. The predicted molar refractivity (Wildman–Crippen MR) is 99.2 cm³/mol. The number of rotatable bonds is 3. The molecule has 132 valence electrons. The van der Waals surface area contributed by atoms with Crippen molar-refractivity contribution in [3.63, 3.8) is 0 Å². The number of hydrogen-bond donors (Lipinski definition) is 0. The SMILES string of the molecule is O=S(=O)(c1ccccc1Cl)N1CCC(N2CCc3ccccc3C2)C1. The minimum absolute atomic E-state index is 0.210. The van der Waals surface area contributed by atoms with Crippen LogP contribution >= 0.6 is 11.6 Å². The molecule has 0 N–H and O–H groups in total. The summed E-state index contributed by atoms with van der Waals surface area (Å²) in [5.41, 5.74) is 2.78. The minimum Gasteiger partial charge on any atom is -0.294 e. The molecule has 0 aromatic heterocycles. The zero-order chi connectivity index (χ0) is 17.4. The van der Waals surface area contributed by atoms with Gasteiger partial charge in [-0.1, -0.05) is 48.0 Å². The Morgan fingerprint density at radius 3 is 2.48 bits per heavy atom. The molecule has 2 aliphatic heterocycles. The van der Waals surface area contributed by atoms with Crippen molar-refractivity contribution in [2.45, 2.75) is 30.3 Å². The number of nitrogens with zero attached hydrogens (tertiary/aromatic N) is 2. The molecular formula is C19H21ClN2O2S. The molecule has 1 unspecified atom stereocenters. The van der Waals surface area contributed by atoms with E-state index in [0.717, 1.165) is 25.9 Å². The van der Waals surface area contributed by atoms with Crippen molar-refractivity contribution in [1.82, 2.24) is 9.21 Å². The van der Waals surface area contributed by atoms with Crippen LogP contribution in [0.1, 0.15) is 17.5 Å². The zero-order valence-corrected chi connectivity index (χ0v) is 15.5. The topological polar surface area (TPSA) is 40.6 Å². The number of halogens is 1. The Kier molecular flexibility index (Phi) is 4.58. The van der Waals surface area contributed by atoms with Crippen molar-refractivity contribution < 1.29 is 8.42 Å². The summed E-state index contributed by atoms with van der Waals surface area (Å²) in [6.07, 6.45) is 1.90. The van der Waals surface area contributed by atoms with E-state index >= 15 is 0 Å². The number of hydrogen-bond acceptors (Lipinski definition) is 3. The van der Waals surface area contributed by atoms with Gasteiger partial charge in [-0.3, -0.25) is 4.90 Å². The van der Waals surface area contributed by atoms with Gasteiger partial charge < -0.3 is 0 Å². The molecule has 2 aliphatic rings. The summed E-state index contributed by atoms with van der Waals surface area (Å²) in [5, 5.41) is 0.290. The molecule has 0 saturated carbocycles. The average Bonchev–Trinajstić information content (AvgIpc) is 3.12. The number of benzene rings is 2. The van der Waals surface area contributed by atoms with E-state index in [-0.39, 0.29) is 16.0 Å². The van der Waals surface area contributed by atoms with Crippen LogP contribution in [0.5, 0.6) is 0 Å². The van der Waals surface area contributed by atoms with E-state index in [1.54, 1.807) is 28.6 Å². The van der Waals surface area contributed by atoms with Crippen molar-refractivity contribution in [3.8, 4) is 0 Å². The Morgan fingerprint density at radius 2 is 1.68 bits per heavy atom. The first-order chi connectivity index (χ1) is 12.1. The Bertz CT molecular complexity index is 884. The van der Waals surface area contributed by atoms with E-state index in [9.17, 15) is 8.42 Å². The van der Waals surface area contributed by atoms with Crippen molar-refractivity contribution in [2.24, 2.45) is 0 Å². The first kappa shape index (κ1) is 17.0. The third-order valence-electron chi connectivity index (χ3n) is 5.26. The van der Waals surface area contributed by atoms with Gasteiger partial charge in [0.05, 0.1) is 5.02 Å². The Hall–Kier alpha value is -1.40. The van der Waals surface area contributed by atoms with E-state index in [1.165, 1.54) is 11.1 Å². The van der Waals surface area contributed by atoms with E-state index in [2.05, 4.69) is 29.2 Å². The average molecular weight is 377 g/mol. The van der Waals surface area contributed by atoms with E-state index in [1.807, 2.05) is 0 Å². The lowest BCUT2D eigenvalue weighted by atomic mass is 9.98. The summed E-state index contributed by atoms with van der Waals surface area (Å²) in [4.78, 5) is 2.63. The fourth-order valence-corrected chi connectivity index (χ4v) is 5.83. The van der Waals surface area contributed by atoms with E-state index in [4.69, 9.17) is 11.6 Å². The maximum absolute atomic E-state index is 12.9. The molecule has 0 spiro atoms. The lowest BCUT2D eigenvalue weighted by Crippen LogP contribution is -2.41. The molecule has 1 atom stereocenters. The largest absolute Gasteiger partial charge is 0.294 e. The van der Waals surface area contributed by atoms with E-state index in [0.29, 0.717) is 13.1 Å². The highest BCUT2D eigenvalue weighted by Gasteiger charge is 2.36. The highest BCUT2D eigenvalue weighted by Crippen LogP contribution is 2.30. The molecule has 6 heteroatoms. The van der Waals surface area contributed by atoms with Gasteiger partial charge in [0.1, 0.15) is 4.90 Å². The monoisotopic (exact) mass is 376 g/mol. The second-order valence-corrected chi connectivity index (χ2v) is 9.04. The zero-order valence-electron chi connectivity index (χ0n) is 13.9. The molecule has 0 aliphatic carbocycles. The van der Waals surface area contributed by atoms with Gasteiger partial charge in [0.15, 0.2) is 0 Å². The molecule has 25 heavy (non-hydrogen) atoms. The molecule has 2 aromatic rings. The van der Waals surface area contributed by atoms with Crippen LogP contribution in [0.2, 0.25) is 5.02 Å². The Morgan fingerprint density at radius 1 is 0.960 bits per heavy atom. The van der Waals surface area contributed by atoms with Crippen LogP contribution in [0.25, 0.3) is 0 Å². The molecule has 0 bridgehead atoms. The van der Waals surface area contributed by atoms with Gasteiger partial charge in [-0.25, -0.2) is 8.42 Å². The van der Waals surface area contributed by atoms with Gasteiger partial charge in [0.25, 0.3) is 0 Å². The van der Waals surface area contributed by atoms with Crippen LogP contribution in [-0.2, 0) is 23.0 Å². The first-order valence-corrected chi connectivity index (χ1v) is 10.4. The highest BCUT2D eigenvalue weighted by molar-refractivity contribution is 7.89. The number of sulfonamides is 1. The highest BCUT2D eigenvalue weighted by atomic mass is 35.5. The smallest absolute Gasteiger partial charge is 0.244 e. The summed E-state index contributed by atoms with van der Waals surface area (Å²) < 4.78 is 27.4. The van der Waals surface area contributed by atoms with Gasteiger partial charge in [0.2, 0.25) is 10.0 Å². The predicted octanol–water partition coefficient (Wildman–Crippen LogP) is 3.16.